The van der Waals surface area contributed by atoms with Crippen LogP contribution in [0, 0.1) is 36.2 Å². The summed E-state index contributed by atoms with van der Waals surface area (Å²) in [6, 6.07) is 12.6. The van der Waals surface area contributed by atoms with E-state index in [2.05, 4.69) is 10.5 Å². The second-order valence-corrected chi connectivity index (χ2v) is 13.8. The van der Waals surface area contributed by atoms with Crippen molar-refractivity contribution >= 4 is 39.2 Å². The summed E-state index contributed by atoms with van der Waals surface area (Å²) in [5.74, 6) is -6.27. The zero-order valence-corrected chi connectivity index (χ0v) is 26.1. The highest BCUT2D eigenvalue weighted by atomic mass is 35.5. The van der Waals surface area contributed by atoms with Crippen LogP contribution >= 0.6 is 11.6 Å². The van der Waals surface area contributed by atoms with E-state index < -0.39 is 50.0 Å². The van der Waals surface area contributed by atoms with Crippen LogP contribution in [0.15, 0.2) is 64.6 Å². The van der Waals surface area contributed by atoms with E-state index >= 15 is 0 Å². The van der Waals surface area contributed by atoms with E-state index in [0.29, 0.717) is 25.0 Å². The van der Waals surface area contributed by atoms with Gasteiger partial charge in [-0.25, -0.2) is 21.6 Å². The summed E-state index contributed by atoms with van der Waals surface area (Å²) < 4.78 is 68.7. The molecule has 2 unspecified atom stereocenters. The number of benzene rings is 3. The van der Waals surface area contributed by atoms with E-state index in [0.717, 1.165) is 17.2 Å². The summed E-state index contributed by atoms with van der Waals surface area (Å²) in [5.41, 5.74) is 0.110. The third-order valence-corrected chi connectivity index (χ3v) is 11.0. The van der Waals surface area contributed by atoms with E-state index in [-0.39, 0.29) is 46.5 Å². The van der Waals surface area contributed by atoms with E-state index in [1.807, 2.05) is 38.1 Å². The second kappa shape index (κ2) is 13.7. The molecule has 3 aromatic rings. The first-order chi connectivity index (χ1) is 20.7. The normalized spacial score (nSPS) is 20.0. The van der Waals surface area contributed by atoms with Crippen molar-refractivity contribution in [1.29, 1.82) is 0 Å². The van der Waals surface area contributed by atoms with Gasteiger partial charge < -0.3 is 15.3 Å². The number of anilines is 1. The fraction of sp³-hybridized carbons (Fsp3) is 0.375. The molecule has 0 spiro atoms. The average Bonchev–Trinajstić information content (AvgIpc) is 3.35. The van der Waals surface area contributed by atoms with Crippen LogP contribution in [0.1, 0.15) is 61.0 Å². The van der Waals surface area contributed by atoms with Gasteiger partial charge in [-0.3, -0.25) is 4.79 Å². The molecular weight excluding hydrogens is 617 g/mol. The lowest BCUT2D eigenvalue weighted by Gasteiger charge is -2.30. The number of sulfone groups is 1. The minimum absolute atomic E-state index is 0.102. The first-order valence-electron chi connectivity index (χ1n) is 14.2. The van der Waals surface area contributed by atoms with E-state index in [1.54, 1.807) is 6.92 Å². The molecule has 2 N–H and O–H groups in total. The molecule has 236 valence electrons. The number of carbonyl (C=O) groups excluding carboxylic acids is 1. The number of halogens is 4. The van der Waals surface area contributed by atoms with Crippen molar-refractivity contribution in [1.82, 2.24) is 0 Å². The molecule has 44 heavy (non-hydrogen) atoms. The zero-order valence-electron chi connectivity index (χ0n) is 24.5. The Hall–Kier alpha value is -3.41. The summed E-state index contributed by atoms with van der Waals surface area (Å²) >= 11 is 6.34. The first-order valence-corrected chi connectivity index (χ1v) is 16.1. The van der Waals surface area contributed by atoms with Gasteiger partial charge in [0.05, 0.1) is 21.4 Å². The maximum atomic E-state index is 14.1. The molecule has 0 aromatic heterocycles. The molecule has 0 saturated heterocycles. The van der Waals surface area contributed by atoms with Crippen molar-refractivity contribution in [2.75, 3.05) is 5.32 Å². The molecule has 0 aliphatic heterocycles. The lowest BCUT2D eigenvalue weighted by atomic mass is 9.87. The highest BCUT2D eigenvalue weighted by Crippen LogP contribution is 2.44. The van der Waals surface area contributed by atoms with Crippen LogP contribution in [0.2, 0.25) is 5.02 Å². The number of nitrogens with one attached hydrogen (secondary N) is 1. The summed E-state index contributed by atoms with van der Waals surface area (Å²) in [6.45, 7) is 5.77. The number of carbonyl (C=O) groups is 1. The topological polar surface area (TPSA) is 105 Å². The minimum Gasteiger partial charge on any atom is -0.391 e. The smallest absolute Gasteiger partial charge is 0.255 e. The standard InChI is InChI=1S/C32H34ClF3N2O5S/c1-4-32(40,18-37-43-17-21-8-5-19(2)6-9-21)16-23-10-7-20(3)30(23)44(41,42)28-13-22(11-12-25(28)33)31(39)38-24-14-26(34)29(36)27(35)15-24/h5-6,8-9,11-15,18,20,23,30,40H,4,7,10,16-17H2,1-3H3,(H,38,39)/b37-18+/t20?,23-,30?,32-/m0/s1. The predicted octanol–water partition coefficient (Wildman–Crippen LogP) is 7.24. The fourth-order valence-corrected chi connectivity index (χ4v) is 8.41. The number of aryl methyl sites for hydroxylation is 1. The molecule has 3 aromatic carbocycles. The number of nitrogens with zero attached hydrogens (tertiary/aromatic N) is 1. The Morgan fingerprint density at radius 2 is 1.77 bits per heavy atom. The maximum Gasteiger partial charge on any atom is 0.255 e. The Bertz CT molecular complexity index is 1630. The van der Waals surface area contributed by atoms with Crippen molar-refractivity contribution in [2.45, 2.75) is 68.8 Å². The van der Waals surface area contributed by atoms with Crippen molar-refractivity contribution in [3.05, 3.63) is 93.8 Å². The molecule has 1 aliphatic carbocycles. The molecule has 0 radical (unpaired) electrons. The summed E-state index contributed by atoms with van der Waals surface area (Å²) in [7, 11) is -4.13. The van der Waals surface area contributed by atoms with Gasteiger partial charge in [0.25, 0.3) is 5.91 Å². The quantitative estimate of drug-likeness (QED) is 0.129. The van der Waals surface area contributed by atoms with E-state index in [4.69, 9.17) is 16.4 Å². The molecule has 0 bridgehead atoms. The fourth-order valence-electron chi connectivity index (χ4n) is 5.56. The van der Waals surface area contributed by atoms with E-state index in [9.17, 15) is 31.5 Å². The summed E-state index contributed by atoms with van der Waals surface area (Å²) in [5, 5.41) is 16.5. The molecule has 1 amide bonds. The SMILES string of the molecule is CC[C@@](O)(/C=N/OCc1ccc(C)cc1)C[C@@H]1CCC(C)C1S(=O)(=O)c1cc(C(=O)Nc2cc(F)c(F)c(F)c2)ccc1Cl. The van der Waals surface area contributed by atoms with Gasteiger partial charge in [-0.2, -0.15) is 0 Å². The third-order valence-electron chi connectivity index (χ3n) is 8.07. The molecule has 4 rings (SSSR count). The highest BCUT2D eigenvalue weighted by Gasteiger charge is 2.46. The van der Waals surface area contributed by atoms with Crippen molar-refractivity contribution < 1.29 is 36.3 Å². The lowest BCUT2D eigenvalue weighted by molar-refractivity contribution is 0.0728. The van der Waals surface area contributed by atoms with Crippen LogP contribution in [-0.4, -0.2) is 36.5 Å². The number of oxime groups is 1. The van der Waals surface area contributed by atoms with Gasteiger partial charge in [-0.15, -0.1) is 0 Å². The van der Waals surface area contributed by atoms with Crippen LogP contribution < -0.4 is 5.32 Å². The molecule has 4 atom stereocenters. The second-order valence-electron chi connectivity index (χ2n) is 11.3. The summed E-state index contributed by atoms with van der Waals surface area (Å²) in [4.78, 5) is 18.0. The Morgan fingerprint density at radius 1 is 1.11 bits per heavy atom. The Labute approximate surface area is 260 Å². The van der Waals surface area contributed by atoms with Crippen LogP contribution in [0.5, 0.6) is 0 Å². The van der Waals surface area contributed by atoms with Crippen molar-refractivity contribution in [2.24, 2.45) is 17.0 Å². The highest BCUT2D eigenvalue weighted by molar-refractivity contribution is 7.92. The minimum atomic E-state index is -4.13. The van der Waals surface area contributed by atoms with Gasteiger partial charge >= 0.3 is 0 Å². The van der Waals surface area contributed by atoms with Crippen LogP contribution in [0.25, 0.3) is 0 Å². The van der Waals surface area contributed by atoms with Gasteiger partial charge in [0, 0.05) is 23.4 Å². The molecule has 7 nitrogen and oxygen atoms in total. The van der Waals surface area contributed by atoms with Crippen molar-refractivity contribution in [3.8, 4) is 0 Å². The number of rotatable bonds is 11. The van der Waals surface area contributed by atoms with Crippen LogP contribution in [0.4, 0.5) is 18.9 Å². The van der Waals surface area contributed by atoms with Gasteiger partial charge in [0.1, 0.15) is 12.2 Å². The van der Waals surface area contributed by atoms with Crippen molar-refractivity contribution in [3.63, 3.8) is 0 Å². The molecule has 12 heteroatoms. The largest absolute Gasteiger partial charge is 0.391 e. The lowest BCUT2D eigenvalue weighted by Crippen LogP contribution is -2.38. The molecule has 1 saturated carbocycles. The van der Waals surface area contributed by atoms with Gasteiger partial charge in [-0.05, 0) is 68.2 Å². The number of amides is 1. The molecule has 0 heterocycles. The van der Waals surface area contributed by atoms with Crippen LogP contribution in [0.3, 0.4) is 0 Å². The van der Waals surface area contributed by atoms with E-state index in [1.165, 1.54) is 18.3 Å². The zero-order chi connectivity index (χ0) is 32.2. The molecular formula is C32H34ClF3N2O5S. The molecule has 1 aliphatic rings. The first kappa shape index (κ1) is 33.5. The van der Waals surface area contributed by atoms with Gasteiger partial charge in [0.2, 0.25) is 0 Å². The third kappa shape index (κ3) is 7.62. The van der Waals surface area contributed by atoms with Crippen LogP contribution in [-0.2, 0) is 21.3 Å². The maximum absolute atomic E-state index is 14.1. The monoisotopic (exact) mass is 650 g/mol. The average molecular weight is 651 g/mol. The number of aliphatic hydroxyl groups is 1. The van der Waals surface area contributed by atoms with Gasteiger partial charge in [0.15, 0.2) is 27.3 Å². The van der Waals surface area contributed by atoms with Gasteiger partial charge in [-0.1, -0.05) is 60.4 Å². The Kier molecular flexibility index (Phi) is 10.4. The molecule has 1 fully saturated rings. The summed E-state index contributed by atoms with van der Waals surface area (Å²) in [6.07, 6.45) is 2.81. The Morgan fingerprint density at radius 3 is 2.41 bits per heavy atom. The predicted molar refractivity (Wildman–Crippen MR) is 163 cm³/mol. The Balaban J connectivity index is 1.52. The number of hydrogen-bond acceptors (Lipinski definition) is 6. The number of hydrogen-bond donors (Lipinski definition) is 2.